The molecule has 0 fully saturated rings. The monoisotopic (exact) mass is 104 g/mol. The quantitative estimate of drug-likeness (QED) is 0.503. The normalized spacial score (nSPS) is 10.3. The van der Waals surface area contributed by atoms with E-state index in [4.69, 9.17) is 5.21 Å². The molecule has 0 aliphatic carbocycles. The van der Waals surface area contributed by atoms with E-state index in [1.54, 1.807) is 5.01 Å². The third kappa shape index (κ3) is 2.56. The van der Waals surface area contributed by atoms with Crippen LogP contribution in [0.2, 0.25) is 0 Å². The van der Waals surface area contributed by atoms with Crippen molar-refractivity contribution in [3.63, 3.8) is 0 Å². The summed E-state index contributed by atoms with van der Waals surface area (Å²) in [5, 5.41) is 9.88. The molecule has 0 spiro atoms. The van der Waals surface area contributed by atoms with Crippen molar-refractivity contribution >= 4 is 0 Å². The van der Waals surface area contributed by atoms with Crippen molar-refractivity contribution < 1.29 is 5.21 Å². The lowest BCUT2D eigenvalue weighted by Gasteiger charge is -2.12. The van der Waals surface area contributed by atoms with Crippen LogP contribution in [0.3, 0.4) is 0 Å². The Morgan fingerprint density at radius 1 is 1.43 bits per heavy atom. The summed E-state index contributed by atoms with van der Waals surface area (Å²) in [6.07, 6.45) is 0. The van der Waals surface area contributed by atoms with Gasteiger partial charge in [-0.1, -0.05) is 13.8 Å². The summed E-state index contributed by atoms with van der Waals surface area (Å²) in [6, 6.07) is 0. The van der Waals surface area contributed by atoms with E-state index in [9.17, 15) is 0 Å². The van der Waals surface area contributed by atoms with Gasteiger partial charge in [-0.05, 0) is 0 Å². The molecule has 3 nitrogen and oxygen atoms in total. The van der Waals surface area contributed by atoms with Crippen LogP contribution in [0.5, 0.6) is 0 Å². The van der Waals surface area contributed by atoms with E-state index in [0.717, 1.165) is 13.1 Å². The van der Waals surface area contributed by atoms with Gasteiger partial charge in [0, 0.05) is 13.1 Å². The van der Waals surface area contributed by atoms with Gasteiger partial charge < -0.3 is 5.21 Å². The van der Waals surface area contributed by atoms with Crippen LogP contribution in [0.25, 0.3) is 0 Å². The maximum atomic E-state index is 8.20. The molecule has 0 aromatic rings. The topological polar surface area (TPSA) is 35.5 Å². The van der Waals surface area contributed by atoms with Crippen molar-refractivity contribution in [1.82, 2.24) is 10.6 Å². The Balaban J connectivity index is 2.99. The molecule has 2 N–H and O–H groups in total. The van der Waals surface area contributed by atoms with E-state index in [2.05, 4.69) is 0 Å². The highest BCUT2D eigenvalue weighted by atomic mass is 16.5. The maximum absolute atomic E-state index is 8.20. The first-order valence-corrected chi connectivity index (χ1v) is 2.49. The first-order valence-electron chi connectivity index (χ1n) is 2.49. The van der Waals surface area contributed by atoms with Crippen LogP contribution in [0, 0.1) is 0 Å². The fourth-order valence-electron chi connectivity index (χ4n) is 0.365. The summed E-state index contributed by atoms with van der Waals surface area (Å²) >= 11 is 0. The Hall–Kier alpha value is -0.120. The SMILES string of the molecule is CCN(CC)NO. The molecule has 0 saturated heterocycles. The van der Waals surface area contributed by atoms with Crippen LogP contribution in [0.1, 0.15) is 13.8 Å². The number of hydrogen-bond donors (Lipinski definition) is 2. The second-order valence-corrected chi connectivity index (χ2v) is 1.27. The van der Waals surface area contributed by atoms with E-state index in [1.807, 2.05) is 19.4 Å². The van der Waals surface area contributed by atoms with E-state index in [0.29, 0.717) is 0 Å². The molecule has 44 valence electrons. The van der Waals surface area contributed by atoms with Gasteiger partial charge in [-0.2, -0.15) is 0 Å². The smallest absolute Gasteiger partial charge is 0.0124 e. The Bertz CT molecular complexity index is 31.2. The van der Waals surface area contributed by atoms with Crippen LogP contribution >= 0.6 is 0 Å². The zero-order valence-electron chi connectivity index (χ0n) is 4.81. The fraction of sp³-hybridized carbons (Fsp3) is 1.00. The molecule has 0 rings (SSSR count). The van der Waals surface area contributed by atoms with Crippen molar-refractivity contribution in [2.75, 3.05) is 13.1 Å². The van der Waals surface area contributed by atoms with Crippen molar-refractivity contribution in [1.29, 1.82) is 0 Å². The van der Waals surface area contributed by atoms with Gasteiger partial charge in [0.1, 0.15) is 0 Å². The highest BCUT2D eigenvalue weighted by molar-refractivity contribution is 4.33. The Kier molecular flexibility index (Phi) is 3.98. The van der Waals surface area contributed by atoms with Crippen molar-refractivity contribution in [2.24, 2.45) is 0 Å². The number of nitrogens with one attached hydrogen (secondary N) is 1. The second-order valence-electron chi connectivity index (χ2n) is 1.27. The number of hydrogen-bond acceptors (Lipinski definition) is 3. The third-order valence-electron chi connectivity index (χ3n) is 0.905. The molecule has 0 aliphatic heterocycles. The van der Waals surface area contributed by atoms with Crippen LogP contribution in [-0.4, -0.2) is 23.3 Å². The summed E-state index contributed by atoms with van der Waals surface area (Å²) in [5.41, 5.74) is 2.03. The first kappa shape index (κ1) is 6.88. The largest absolute Gasteiger partial charge is 0.302 e. The summed E-state index contributed by atoms with van der Waals surface area (Å²) in [4.78, 5) is 0. The van der Waals surface area contributed by atoms with E-state index >= 15 is 0 Å². The summed E-state index contributed by atoms with van der Waals surface area (Å²) in [7, 11) is 0. The molecule has 0 aromatic heterocycles. The number of hydrazine groups is 1. The van der Waals surface area contributed by atoms with Crippen molar-refractivity contribution in [2.45, 2.75) is 13.8 Å². The molecular weight excluding hydrogens is 92.1 g/mol. The molecule has 0 bridgehead atoms. The van der Waals surface area contributed by atoms with Gasteiger partial charge in [0.15, 0.2) is 0 Å². The average Bonchev–Trinajstić information content (AvgIpc) is 1.72. The van der Waals surface area contributed by atoms with Gasteiger partial charge in [0.2, 0.25) is 0 Å². The Morgan fingerprint density at radius 2 is 1.86 bits per heavy atom. The molecule has 0 atom stereocenters. The molecule has 0 heterocycles. The predicted molar refractivity (Wildman–Crippen MR) is 27.8 cm³/mol. The molecule has 0 saturated carbocycles. The van der Waals surface area contributed by atoms with Gasteiger partial charge >= 0.3 is 0 Å². The van der Waals surface area contributed by atoms with Crippen molar-refractivity contribution in [3.05, 3.63) is 0 Å². The summed E-state index contributed by atoms with van der Waals surface area (Å²) in [6.45, 7) is 5.58. The lowest BCUT2D eigenvalue weighted by molar-refractivity contribution is -0.0126. The van der Waals surface area contributed by atoms with E-state index in [-0.39, 0.29) is 0 Å². The molecule has 7 heavy (non-hydrogen) atoms. The van der Waals surface area contributed by atoms with E-state index < -0.39 is 0 Å². The molecule has 3 heteroatoms. The minimum absolute atomic E-state index is 0.826. The molecule has 0 amide bonds. The number of nitrogens with zero attached hydrogens (tertiary/aromatic N) is 1. The van der Waals surface area contributed by atoms with Gasteiger partial charge in [-0.25, -0.2) is 5.01 Å². The van der Waals surface area contributed by atoms with Crippen LogP contribution in [0.4, 0.5) is 0 Å². The fourth-order valence-corrected chi connectivity index (χ4v) is 0.365. The second kappa shape index (κ2) is 4.05. The minimum Gasteiger partial charge on any atom is -0.302 e. The van der Waals surface area contributed by atoms with Gasteiger partial charge in [-0.15, -0.1) is 5.59 Å². The molecule has 0 radical (unpaired) electrons. The standard InChI is InChI=1S/C4H12N2O/c1-3-6(4-2)5-7/h5,7H,3-4H2,1-2H3. The zero-order chi connectivity index (χ0) is 5.70. The first-order chi connectivity index (χ1) is 3.35. The predicted octanol–water partition coefficient (Wildman–Crippen LogP) is 0.222. The lowest BCUT2D eigenvalue weighted by atomic mass is 10.6. The van der Waals surface area contributed by atoms with Crippen molar-refractivity contribution in [3.8, 4) is 0 Å². The maximum Gasteiger partial charge on any atom is 0.0124 e. The minimum atomic E-state index is 0.826. The molecule has 0 unspecified atom stereocenters. The van der Waals surface area contributed by atoms with Gasteiger partial charge in [0.05, 0.1) is 0 Å². The highest BCUT2D eigenvalue weighted by Gasteiger charge is 1.89. The zero-order valence-corrected chi connectivity index (χ0v) is 4.81. The molecule has 0 aromatic carbocycles. The Labute approximate surface area is 43.9 Å². The van der Waals surface area contributed by atoms with Crippen LogP contribution in [0.15, 0.2) is 0 Å². The third-order valence-corrected chi connectivity index (χ3v) is 0.905. The van der Waals surface area contributed by atoms with Crippen LogP contribution in [-0.2, 0) is 0 Å². The van der Waals surface area contributed by atoms with Gasteiger partial charge in [0.25, 0.3) is 0 Å². The Morgan fingerprint density at radius 3 is 1.86 bits per heavy atom. The molecule has 0 aliphatic rings. The lowest BCUT2D eigenvalue weighted by Crippen LogP contribution is -2.34. The highest BCUT2D eigenvalue weighted by Crippen LogP contribution is 1.73. The van der Waals surface area contributed by atoms with Crippen LogP contribution < -0.4 is 5.59 Å². The summed E-state index contributed by atoms with van der Waals surface area (Å²) < 4.78 is 0. The average molecular weight is 104 g/mol. The van der Waals surface area contributed by atoms with Gasteiger partial charge in [-0.3, -0.25) is 0 Å². The summed E-state index contributed by atoms with van der Waals surface area (Å²) in [5.74, 6) is 0. The van der Waals surface area contributed by atoms with E-state index in [1.165, 1.54) is 0 Å². The molecular formula is C4H12N2O. The number of rotatable bonds is 3.